The molecule has 0 unspecified atom stereocenters. The van der Waals surface area contributed by atoms with E-state index in [4.69, 9.17) is 9.47 Å². The lowest BCUT2D eigenvalue weighted by molar-refractivity contribution is -0.137. The zero-order chi connectivity index (χ0) is 27.1. The molecule has 3 aromatic carbocycles. The van der Waals surface area contributed by atoms with Crippen LogP contribution >= 0.6 is 11.3 Å². The average Bonchev–Trinajstić information content (AvgIpc) is 3.29. The van der Waals surface area contributed by atoms with Crippen LogP contribution in [-0.4, -0.2) is 47.6 Å². The lowest BCUT2D eigenvalue weighted by Crippen LogP contribution is -2.26. The summed E-state index contributed by atoms with van der Waals surface area (Å²) in [7, 11) is 0. The number of amides is 1. The molecule has 0 saturated carbocycles. The highest BCUT2D eigenvalue weighted by Crippen LogP contribution is 2.41. The van der Waals surface area contributed by atoms with Crippen LogP contribution in [0.5, 0.6) is 17.2 Å². The number of rotatable bonds is 10. The van der Waals surface area contributed by atoms with Crippen molar-refractivity contribution in [2.45, 2.75) is 6.92 Å². The van der Waals surface area contributed by atoms with E-state index in [9.17, 15) is 24.6 Å². The highest BCUT2D eigenvalue weighted by Gasteiger charge is 2.22. The first-order valence-electron chi connectivity index (χ1n) is 11.8. The molecule has 1 heterocycles. The van der Waals surface area contributed by atoms with Gasteiger partial charge in [0.05, 0.1) is 13.2 Å². The fourth-order valence-corrected chi connectivity index (χ4v) is 4.95. The number of phenols is 2. The molecule has 4 aromatic rings. The first-order valence-corrected chi connectivity index (χ1v) is 12.6. The predicted molar refractivity (Wildman–Crippen MR) is 145 cm³/mol. The maximum absolute atomic E-state index is 13.6. The van der Waals surface area contributed by atoms with Crippen molar-refractivity contribution >= 4 is 39.1 Å². The van der Waals surface area contributed by atoms with E-state index in [2.05, 4.69) is 5.32 Å². The van der Waals surface area contributed by atoms with E-state index in [0.29, 0.717) is 16.9 Å². The molecule has 3 N–H and O–H groups in total. The monoisotopic (exact) mass is 531 g/mol. The Kier molecular flexibility index (Phi) is 8.40. The van der Waals surface area contributed by atoms with Gasteiger partial charge in [-0.3, -0.25) is 9.59 Å². The molecule has 4 rings (SSSR count). The van der Waals surface area contributed by atoms with E-state index in [1.54, 1.807) is 73.7 Å². The molecule has 0 aliphatic rings. The van der Waals surface area contributed by atoms with Gasteiger partial charge >= 0.3 is 5.97 Å². The Morgan fingerprint density at radius 2 is 1.63 bits per heavy atom. The molecule has 0 aliphatic heterocycles. The van der Waals surface area contributed by atoms with E-state index in [1.165, 1.54) is 11.3 Å². The minimum atomic E-state index is -0.586. The van der Waals surface area contributed by atoms with Crippen LogP contribution in [-0.2, 0) is 14.3 Å². The van der Waals surface area contributed by atoms with Crippen LogP contribution in [0.15, 0.2) is 78.9 Å². The molecule has 9 heteroatoms. The third-order valence-electron chi connectivity index (χ3n) is 5.47. The number of carbonyl (C=O) groups excluding carboxylic acids is 3. The molecule has 0 aliphatic carbocycles. The second kappa shape index (κ2) is 12.1. The van der Waals surface area contributed by atoms with Gasteiger partial charge in [0.2, 0.25) is 5.91 Å². The van der Waals surface area contributed by atoms with Gasteiger partial charge in [0.25, 0.3) is 0 Å². The lowest BCUT2D eigenvalue weighted by Gasteiger charge is -2.09. The van der Waals surface area contributed by atoms with Gasteiger partial charge in [0.1, 0.15) is 23.9 Å². The molecule has 0 radical (unpaired) electrons. The normalized spacial score (nSPS) is 11.0. The second-order valence-corrected chi connectivity index (χ2v) is 9.16. The number of benzene rings is 3. The number of ketones is 1. The highest BCUT2D eigenvalue weighted by atomic mass is 32.1. The molecule has 0 saturated heterocycles. The Labute approximate surface area is 222 Å². The van der Waals surface area contributed by atoms with Crippen molar-refractivity contribution in [3.63, 3.8) is 0 Å². The maximum Gasteiger partial charge on any atom is 0.330 e. The smallest absolute Gasteiger partial charge is 0.330 e. The first kappa shape index (κ1) is 26.4. The third-order valence-corrected chi connectivity index (χ3v) is 6.68. The van der Waals surface area contributed by atoms with Crippen molar-refractivity contribution in [2.75, 3.05) is 19.8 Å². The van der Waals surface area contributed by atoms with Crippen LogP contribution in [0.2, 0.25) is 0 Å². The topological polar surface area (TPSA) is 122 Å². The number of thiophene rings is 1. The number of carbonyl (C=O) groups is 3. The van der Waals surface area contributed by atoms with Crippen LogP contribution < -0.4 is 10.1 Å². The van der Waals surface area contributed by atoms with Gasteiger partial charge in [0, 0.05) is 38.2 Å². The number of hydrogen-bond acceptors (Lipinski definition) is 8. The van der Waals surface area contributed by atoms with Crippen LogP contribution in [0.3, 0.4) is 0 Å². The van der Waals surface area contributed by atoms with Gasteiger partial charge in [-0.1, -0.05) is 0 Å². The summed E-state index contributed by atoms with van der Waals surface area (Å²) in [5, 5.41) is 23.0. The first-order chi connectivity index (χ1) is 18.4. The van der Waals surface area contributed by atoms with Crippen molar-refractivity contribution < 1.29 is 34.1 Å². The van der Waals surface area contributed by atoms with Crippen LogP contribution in [0, 0.1) is 0 Å². The van der Waals surface area contributed by atoms with Crippen LogP contribution in [0.1, 0.15) is 22.8 Å². The molecule has 0 bridgehead atoms. The molecule has 1 amide bonds. The fourth-order valence-electron chi connectivity index (χ4n) is 3.71. The van der Waals surface area contributed by atoms with E-state index in [0.717, 1.165) is 32.7 Å². The molecule has 0 atom stereocenters. The minimum Gasteiger partial charge on any atom is -0.508 e. The van der Waals surface area contributed by atoms with Gasteiger partial charge in [-0.15, -0.1) is 11.3 Å². The minimum absolute atomic E-state index is 0.114. The van der Waals surface area contributed by atoms with Crippen molar-refractivity contribution in [2.24, 2.45) is 0 Å². The molecule has 0 fully saturated rings. The number of aromatic hydroxyl groups is 2. The Balaban J connectivity index is 1.45. The zero-order valence-corrected chi connectivity index (χ0v) is 21.3. The number of ether oxygens (including phenoxy) is 2. The molecule has 8 nitrogen and oxygen atoms in total. The summed E-state index contributed by atoms with van der Waals surface area (Å²) in [6.07, 6.45) is 2.15. The van der Waals surface area contributed by atoms with E-state index >= 15 is 0 Å². The second-order valence-electron chi connectivity index (χ2n) is 8.11. The summed E-state index contributed by atoms with van der Waals surface area (Å²) in [6, 6.07) is 18.2. The SMILES string of the molecule is CCOC(=O)/C=C/C(=O)NCCOc1ccc(C(=O)c2c(-c3ccc(O)cc3)sc3cc(O)ccc23)cc1. The highest BCUT2D eigenvalue weighted by molar-refractivity contribution is 7.22. The van der Waals surface area contributed by atoms with E-state index in [1.807, 2.05) is 0 Å². The summed E-state index contributed by atoms with van der Waals surface area (Å²) >= 11 is 1.39. The Bertz CT molecular complexity index is 1490. The summed E-state index contributed by atoms with van der Waals surface area (Å²) in [5.74, 6) is -0.444. The zero-order valence-electron chi connectivity index (χ0n) is 20.5. The lowest BCUT2D eigenvalue weighted by atomic mass is 9.97. The number of fused-ring (bicyclic) bond motifs is 1. The van der Waals surface area contributed by atoms with Crippen LogP contribution in [0.25, 0.3) is 20.5 Å². The van der Waals surface area contributed by atoms with Gasteiger partial charge in [-0.2, -0.15) is 0 Å². The van der Waals surface area contributed by atoms with Crippen molar-refractivity contribution in [1.29, 1.82) is 0 Å². The molecule has 0 spiro atoms. The fraction of sp³-hybridized carbons (Fsp3) is 0.138. The van der Waals surface area contributed by atoms with Gasteiger partial charge in [-0.05, 0) is 79.2 Å². The molecular weight excluding hydrogens is 506 g/mol. The number of esters is 1. The predicted octanol–water partition coefficient (Wildman–Crippen LogP) is 4.82. The van der Waals surface area contributed by atoms with Gasteiger partial charge < -0.3 is 25.0 Å². The Hall–Kier alpha value is -4.63. The summed E-state index contributed by atoms with van der Waals surface area (Å²) < 4.78 is 11.1. The Morgan fingerprint density at radius 1 is 0.921 bits per heavy atom. The van der Waals surface area contributed by atoms with Crippen LogP contribution in [0.4, 0.5) is 0 Å². The quantitative estimate of drug-likeness (QED) is 0.116. The maximum atomic E-state index is 13.6. The standard InChI is InChI=1S/C29H25NO7S/c1-2-36-26(34)14-13-25(33)30-15-16-37-22-10-5-18(6-11-22)28(35)27-23-12-9-21(32)17-24(23)38-29(27)19-3-7-20(31)8-4-19/h3-14,17,31-32H,2,15-16H2,1H3,(H,30,33)/b14-13+. The number of nitrogens with one attached hydrogen (secondary N) is 1. The number of hydrogen-bond donors (Lipinski definition) is 3. The molecule has 194 valence electrons. The Morgan fingerprint density at radius 3 is 2.34 bits per heavy atom. The third kappa shape index (κ3) is 6.37. The average molecular weight is 532 g/mol. The molecule has 38 heavy (non-hydrogen) atoms. The molecule has 1 aromatic heterocycles. The molecular formula is C29H25NO7S. The van der Waals surface area contributed by atoms with E-state index in [-0.39, 0.29) is 37.0 Å². The van der Waals surface area contributed by atoms with Crippen molar-refractivity contribution in [1.82, 2.24) is 5.32 Å². The summed E-state index contributed by atoms with van der Waals surface area (Å²) in [4.78, 5) is 37.3. The van der Waals surface area contributed by atoms with Gasteiger partial charge in [0.15, 0.2) is 5.78 Å². The van der Waals surface area contributed by atoms with E-state index < -0.39 is 11.9 Å². The summed E-state index contributed by atoms with van der Waals surface area (Å²) in [6.45, 7) is 2.32. The largest absolute Gasteiger partial charge is 0.508 e. The van der Waals surface area contributed by atoms with Crippen molar-refractivity contribution in [3.8, 4) is 27.7 Å². The number of phenolic OH excluding ortho intramolecular Hbond substituents is 2. The van der Waals surface area contributed by atoms with Gasteiger partial charge in [-0.25, -0.2) is 4.79 Å². The summed E-state index contributed by atoms with van der Waals surface area (Å²) in [5.41, 5.74) is 1.76. The van der Waals surface area contributed by atoms with Crippen molar-refractivity contribution in [3.05, 3.63) is 90.0 Å².